The summed E-state index contributed by atoms with van der Waals surface area (Å²) in [5, 5.41) is 8.77. The summed E-state index contributed by atoms with van der Waals surface area (Å²) in [6, 6.07) is 4.86. The fourth-order valence-corrected chi connectivity index (χ4v) is 4.65. The molecule has 0 spiro atoms. The van der Waals surface area contributed by atoms with Gasteiger partial charge in [-0.25, -0.2) is 13.2 Å². The Balaban J connectivity index is 2.04. The van der Waals surface area contributed by atoms with E-state index in [4.69, 9.17) is 10.00 Å². The van der Waals surface area contributed by atoms with E-state index in [1.807, 2.05) is 6.07 Å². The molecule has 0 atom stereocenters. The largest absolute Gasteiger partial charge is 0.450 e. The molecule has 0 bridgehead atoms. The lowest BCUT2D eigenvalue weighted by Gasteiger charge is -2.32. The fraction of sp³-hybridized carbons (Fsp3) is 0.500. The molecule has 1 amide bonds. The first-order chi connectivity index (χ1) is 9.98. The molecule has 0 unspecified atom stereocenters. The van der Waals surface area contributed by atoms with Gasteiger partial charge in [0.05, 0.1) is 6.61 Å². The van der Waals surface area contributed by atoms with Gasteiger partial charge in [0.15, 0.2) is 0 Å². The van der Waals surface area contributed by atoms with Crippen LogP contribution in [0.4, 0.5) is 4.79 Å². The lowest BCUT2D eigenvalue weighted by atomic mass is 10.4. The number of nitrogens with zero attached hydrogens (tertiary/aromatic N) is 3. The van der Waals surface area contributed by atoms with Crippen LogP contribution in [0.5, 0.6) is 0 Å². The number of amides is 1. The molecular weight excluding hydrogens is 314 g/mol. The molecule has 1 fully saturated rings. The van der Waals surface area contributed by atoms with Crippen LogP contribution in [0, 0.1) is 11.3 Å². The summed E-state index contributed by atoms with van der Waals surface area (Å²) in [6.45, 7) is 3.07. The van der Waals surface area contributed by atoms with Gasteiger partial charge in [0, 0.05) is 26.2 Å². The first-order valence-electron chi connectivity index (χ1n) is 6.41. The van der Waals surface area contributed by atoms with Crippen molar-refractivity contribution in [2.24, 2.45) is 0 Å². The first kappa shape index (κ1) is 15.8. The first-order valence-corrected chi connectivity index (χ1v) is 8.66. The smallest absolute Gasteiger partial charge is 0.409 e. The maximum atomic E-state index is 12.4. The summed E-state index contributed by atoms with van der Waals surface area (Å²) in [4.78, 5) is 13.4. The average Bonchev–Trinajstić information content (AvgIpc) is 2.97. The number of nitriles is 1. The van der Waals surface area contributed by atoms with Gasteiger partial charge >= 0.3 is 6.09 Å². The van der Waals surface area contributed by atoms with Crippen molar-refractivity contribution in [2.75, 3.05) is 32.8 Å². The highest BCUT2D eigenvalue weighted by Gasteiger charge is 2.31. The van der Waals surface area contributed by atoms with Gasteiger partial charge in [-0.3, -0.25) is 0 Å². The fourth-order valence-electron chi connectivity index (χ4n) is 1.97. The molecule has 0 aromatic carbocycles. The summed E-state index contributed by atoms with van der Waals surface area (Å²) in [5.41, 5.74) is 0. The van der Waals surface area contributed by atoms with Crippen molar-refractivity contribution in [1.29, 1.82) is 5.26 Å². The van der Waals surface area contributed by atoms with E-state index >= 15 is 0 Å². The molecule has 1 aromatic rings. The third-order valence-corrected chi connectivity index (χ3v) is 6.41. The molecule has 21 heavy (non-hydrogen) atoms. The second-order valence-electron chi connectivity index (χ2n) is 4.32. The van der Waals surface area contributed by atoms with Gasteiger partial charge in [0.2, 0.25) is 0 Å². The molecule has 0 saturated carbocycles. The van der Waals surface area contributed by atoms with Crippen molar-refractivity contribution in [1.82, 2.24) is 9.21 Å². The maximum Gasteiger partial charge on any atom is 0.409 e. The SMILES string of the molecule is CCOC(=O)N1CCN(S(=O)(=O)c2ccc(C#N)s2)CC1. The van der Waals surface area contributed by atoms with Crippen LogP contribution in [-0.4, -0.2) is 56.5 Å². The van der Waals surface area contributed by atoms with Crippen LogP contribution < -0.4 is 0 Å². The highest BCUT2D eigenvalue weighted by Crippen LogP contribution is 2.25. The number of ether oxygens (including phenoxy) is 1. The zero-order valence-electron chi connectivity index (χ0n) is 11.5. The molecule has 7 nitrogen and oxygen atoms in total. The van der Waals surface area contributed by atoms with Crippen LogP contribution in [-0.2, 0) is 14.8 Å². The van der Waals surface area contributed by atoms with Gasteiger partial charge in [0.25, 0.3) is 10.0 Å². The van der Waals surface area contributed by atoms with E-state index in [1.165, 1.54) is 21.3 Å². The van der Waals surface area contributed by atoms with Gasteiger partial charge < -0.3 is 9.64 Å². The van der Waals surface area contributed by atoms with E-state index in [2.05, 4.69) is 0 Å². The number of rotatable bonds is 3. The standard InChI is InChI=1S/C12H15N3O4S2/c1-2-19-12(16)14-5-7-15(8-6-14)21(17,18)11-4-3-10(9-13)20-11/h3-4H,2,5-8H2,1H3. The van der Waals surface area contributed by atoms with E-state index < -0.39 is 16.1 Å². The van der Waals surface area contributed by atoms with E-state index in [9.17, 15) is 13.2 Å². The Bertz CT molecular complexity index is 654. The molecule has 2 rings (SSSR count). The predicted molar refractivity (Wildman–Crippen MR) is 76.4 cm³/mol. The Kier molecular flexibility index (Phi) is 4.82. The molecule has 9 heteroatoms. The number of thiophene rings is 1. The zero-order chi connectivity index (χ0) is 15.5. The number of hydrogen-bond acceptors (Lipinski definition) is 6. The second kappa shape index (κ2) is 6.43. The number of piperazine rings is 1. The Hall–Kier alpha value is -1.63. The second-order valence-corrected chi connectivity index (χ2v) is 7.57. The Morgan fingerprint density at radius 2 is 2.05 bits per heavy atom. The summed E-state index contributed by atoms with van der Waals surface area (Å²) in [5.74, 6) is 0. The lowest BCUT2D eigenvalue weighted by molar-refractivity contribution is 0.0934. The third-order valence-electron chi connectivity index (χ3n) is 3.05. The van der Waals surface area contributed by atoms with Crippen molar-refractivity contribution in [3.63, 3.8) is 0 Å². The molecule has 0 N–H and O–H groups in total. The highest BCUT2D eigenvalue weighted by atomic mass is 32.2. The van der Waals surface area contributed by atoms with Gasteiger partial charge in [0.1, 0.15) is 15.2 Å². The van der Waals surface area contributed by atoms with Crippen LogP contribution in [0.3, 0.4) is 0 Å². The van der Waals surface area contributed by atoms with Crippen LogP contribution in [0.2, 0.25) is 0 Å². The monoisotopic (exact) mass is 329 g/mol. The maximum absolute atomic E-state index is 12.4. The third kappa shape index (κ3) is 3.34. The van der Waals surface area contributed by atoms with Gasteiger partial charge in [-0.1, -0.05) is 0 Å². The van der Waals surface area contributed by atoms with Crippen molar-refractivity contribution >= 4 is 27.5 Å². The lowest BCUT2D eigenvalue weighted by Crippen LogP contribution is -2.50. The van der Waals surface area contributed by atoms with Crippen molar-refractivity contribution in [3.8, 4) is 6.07 Å². The van der Waals surface area contributed by atoms with Crippen LogP contribution in [0.15, 0.2) is 16.3 Å². The van der Waals surface area contributed by atoms with Crippen molar-refractivity contribution in [3.05, 3.63) is 17.0 Å². The Labute approximate surface area is 127 Å². The molecular formula is C12H15N3O4S2. The topological polar surface area (TPSA) is 90.7 Å². The summed E-state index contributed by atoms with van der Waals surface area (Å²) in [6.07, 6.45) is -0.419. The Morgan fingerprint density at radius 1 is 1.38 bits per heavy atom. The minimum atomic E-state index is -3.59. The van der Waals surface area contributed by atoms with E-state index in [0.717, 1.165) is 11.3 Å². The summed E-state index contributed by atoms with van der Waals surface area (Å²) in [7, 11) is -3.59. The molecule has 0 radical (unpaired) electrons. The van der Waals surface area contributed by atoms with Crippen LogP contribution >= 0.6 is 11.3 Å². The van der Waals surface area contributed by atoms with Crippen LogP contribution in [0.1, 0.15) is 11.8 Å². The van der Waals surface area contributed by atoms with Crippen molar-refractivity contribution in [2.45, 2.75) is 11.1 Å². The van der Waals surface area contributed by atoms with E-state index in [1.54, 1.807) is 6.92 Å². The normalized spacial score (nSPS) is 16.5. The minimum absolute atomic E-state index is 0.156. The van der Waals surface area contributed by atoms with Crippen LogP contribution in [0.25, 0.3) is 0 Å². The number of carbonyl (C=O) groups is 1. The van der Waals surface area contributed by atoms with Gasteiger partial charge in [-0.2, -0.15) is 9.57 Å². The van der Waals surface area contributed by atoms with E-state index in [0.29, 0.717) is 24.6 Å². The van der Waals surface area contributed by atoms with E-state index in [-0.39, 0.29) is 17.3 Å². The molecule has 1 aromatic heterocycles. The number of carbonyl (C=O) groups excluding carboxylic acids is 1. The molecule has 114 valence electrons. The molecule has 2 heterocycles. The van der Waals surface area contributed by atoms with Gasteiger partial charge in [-0.05, 0) is 19.1 Å². The molecule has 1 aliphatic rings. The highest BCUT2D eigenvalue weighted by molar-refractivity contribution is 7.91. The Morgan fingerprint density at radius 3 is 2.57 bits per heavy atom. The molecule has 1 saturated heterocycles. The summed E-state index contributed by atoms with van der Waals surface area (Å²) >= 11 is 0.953. The van der Waals surface area contributed by atoms with Crippen molar-refractivity contribution < 1.29 is 17.9 Å². The summed E-state index contributed by atoms with van der Waals surface area (Å²) < 4.78 is 31.2. The average molecular weight is 329 g/mol. The van der Waals surface area contributed by atoms with Gasteiger partial charge in [-0.15, -0.1) is 11.3 Å². The minimum Gasteiger partial charge on any atom is -0.450 e. The molecule has 0 aliphatic carbocycles. The zero-order valence-corrected chi connectivity index (χ0v) is 13.1. The number of sulfonamides is 1. The molecule has 1 aliphatic heterocycles. The predicted octanol–water partition coefficient (Wildman–Crippen LogP) is 1.08. The number of hydrogen-bond donors (Lipinski definition) is 0. The quantitative estimate of drug-likeness (QED) is 0.827.